The van der Waals surface area contributed by atoms with Crippen molar-refractivity contribution in [1.29, 1.82) is 0 Å². The third kappa shape index (κ3) is 3.95. The van der Waals surface area contributed by atoms with Gasteiger partial charge in [0, 0.05) is 32.8 Å². The van der Waals surface area contributed by atoms with Gasteiger partial charge in [-0.25, -0.2) is 9.59 Å². The molecular weight excluding hydrogens is 396 g/mol. The second kappa shape index (κ2) is 7.96. The second-order valence-corrected chi connectivity index (χ2v) is 7.50. The fourth-order valence-electron chi connectivity index (χ4n) is 2.80. The average Bonchev–Trinajstić information content (AvgIpc) is 3.08. The van der Waals surface area contributed by atoms with Crippen LogP contribution in [0.2, 0.25) is 0 Å². The normalized spacial score (nSPS) is 10.8. The van der Waals surface area contributed by atoms with E-state index < -0.39 is 17.2 Å². The Bertz CT molecular complexity index is 1150. The van der Waals surface area contributed by atoms with Crippen LogP contribution in [-0.2, 0) is 0 Å². The number of carboxylic acids is 1. The van der Waals surface area contributed by atoms with E-state index in [0.717, 1.165) is 17.0 Å². The Kier molecular flexibility index (Phi) is 5.60. The van der Waals surface area contributed by atoms with Crippen molar-refractivity contribution in [1.82, 2.24) is 0 Å². The molecule has 1 aromatic carbocycles. The third-order valence-electron chi connectivity index (χ3n) is 4.26. The number of rotatable bonds is 6. The van der Waals surface area contributed by atoms with Gasteiger partial charge in [0.15, 0.2) is 5.58 Å². The first-order chi connectivity index (χ1) is 13.7. The predicted octanol–water partition coefficient (Wildman–Crippen LogP) is 3.29. The van der Waals surface area contributed by atoms with E-state index >= 15 is 0 Å². The molecule has 2 heterocycles. The fraction of sp³-hybridized carbons (Fsp3) is 0.250. The summed E-state index contributed by atoms with van der Waals surface area (Å²) in [6.45, 7) is 2.34. The monoisotopic (exact) mass is 416 g/mol. The number of ether oxygens (including phenoxy) is 1. The molecule has 1 amide bonds. The largest absolute Gasteiger partial charge is 0.492 e. The molecule has 0 saturated heterocycles. The van der Waals surface area contributed by atoms with Crippen LogP contribution in [0.15, 0.2) is 39.5 Å². The number of thiophene rings is 1. The van der Waals surface area contributed by atoms with Crippen molar-refractivity contribution in [3.05, 3.63) is 51.9 Å². The summed E-state index contributed by atoms with van der Waals surface area (Å²) in [5.74, 6) is -1.03. The molecule has 0 aliphatic rings. The molecular formula is C20H20N2O6S. The number of carboxylic acid groups (broad SMARTS) is 1. The van der Waals surface area contributed by atoms with Gasteiger partial charge in [-0.3, -0.25) is 4.79 Å². The van der Waals surface area contributed by atoms with E-state index in [2.05, 4.69) is 0 Å². The molecule has 0 aliphatic heterocycles. The van der Waals surface area contributed by atoms with Crippen LogP contribution in [0.3, 0.4) is 0 Å². The topological polar surface area (TPSA) is 100 Å². The molecule has 152 valence electrons. The van der Waals surface area contributed by atoms with Crippen LogP contribution in [0.25, 0.3) is 10.3 Å². The Morgan fingerprint density at radius 3 is 2.52 bits per heavy atom. The SMILES string of the molecule is CCOc1cc(C(=O)N(C)c2cc3oc(=O)c(C(=O)O)cc3s2)ccc1N(C)C. The number of nitrogens with zero attached hydrogens (tertiary/aromatic N) is 2. The molecule has 0 fully saturated rings. The zero-order chi connectivity index (χ0) is 21.3. The molecule has 9 heteroatoms. The molecule has 0 aliphatic carbocycles. The van der Waals surface area contributed by atoms with Gasteiger partial charge >= 0.3 is 11.6 Å². The zero-order valence-electron chi connectivity index (χ0n) is 16.4. The highest BCUT2D eigenvalue weighted by Crippen LogP contribution is 2.34. The van der Waals surface area contributed by atoms with Crippen molar-refractivity contribution in [2.24, 2.45) is 0 Å². The van der Waals surface area contributed by atoms with Gasteiger partial charge in [0.25, 0.3) is 5.91 Å². The van der Waals surface area contributed by atoms with Gasteiger partial charge < -0.3 is 24.1 Å². The van der Waals surface area contributed by atoms with Gasteiger partial charge in [0.2, 0.25) is 0 Å². The van der Waals surface area contributed by atoms with Crippen molar-refractivity contribution in [3.8, 4) is 5.75 Å². The Morgan fingerprint density at radius 1 is 1.17 bits per heavy atom. The summed E-state index contributed by atoms with van der Waals surface area (Å²) in [6, 6.07) is 8.02. The Hall–Kier alpha value is -3.33. The molecule has 0 saturated carbocycles. The molecule has 0 bridgehead atoms. The number of fused-ring (bicyclic) bond motifs is 1. The summed E-state index contributed by atoms with van der Waals surface area (Å²) in [6.07, 6.45) is 0. The fourth-order valence-corrected chi connectivity index (χ4v) is 3.79. The Morgan fingerprint density at radius 2 is 1.90 bits per heavy atom. The van der Waals surface area contributed by atoms with Crippen LogP contribution in [-0.4, -0.2) is 44.7 Å². The molecule has 2 aromatic heterocycles. The van der Waals surface area contributed by atoms with Crippen molar-refractivity contribution in [3.63, 3.8) is 0 Å². The van der Waals surface area contributed by atoms with Crippen LogP contribution < -0.4 is 20.2 Å². The lowest BCUT2D eigenvalue weighted by molar-refractivity contribution is 0.0692. The number of benzene rings is 1. The highest BCUT2D eigenvalue weighted by atomic mass is 32.1. The van der Waals surface area contributed by atoms with Crippen LogP contribution in [0.4, 0.5) is 10.7 Å². The molecule has 3 rings (SSSR count). The van der Waals surface area contributed by atoms with Crippen LogP contribution in [0, 0.1) is 0 Å². The van der Waals surface area contributed by atoms with Gasteiger partial charge in [-0.05, 0) is 31.2 Å². The molecule has 0 atom stereocenters. The van der Waals surface area contributed by atoms with Gasteiger partial charge in [-0.2, -0.15) is 0 Å². The predicted molar refractivity (Wildman–Crippen MR) is 112 cm³/mol. The lowest BCUT2D eigenvalue weighted by Gasteiger charge is -2.20. The maximum atomic E-state index is 13.0. The zero-order valence-corrected chi connectivity index (χ0v) is 17.2. The minimum atomic E-state index is -1.36. The number of carbonyl (C=O) groups is 2. The first-order valence-electron chi connectivity index (χ1n) is 8.76. The minimum absolute atomic E-state index is 0.234. The van der Waals surface area contributed by atoms with Gasteiger partial charge in [-0.15, -0.1) is 11.3 Å². The van der Waals surface area contributed by atoms with E-state index in [1.807, 2.05) is 32.0 Å². The average molecular weight is 416 g/mol. The van der Waals surface area contributed by atoms with E-state index in [1.165, 1.54) is 11.0 Å². The summed E-state index contributed by atoms with van der Waals surface area (Å²) in [5.41, 5.74) is 0.157. The van der Waals surface area contributed by atoms with E-state index in [-0.39, 0.29) is 11.5 Å². The molecule has 0 unspecified atom stereocenters. The second-order valence-electron chi connectivity index (χ2n) is 6.44. The van der Waals surface area contributed by atoms with Crippen LogP contribution in [0.5, 0.6) is 5.75 Å². The number of aromatic carboxylic acids is 1. The summed E-state index contributed by atoms with van der Waals surface area (Å²) >= 11 is 1.16. The highest BCUT2D eigenvalue weighted by molar-refractivity contribution is 7.22. The van der Waals surface area contributed by atoms with Crippen LogP contribution >= 0.6 is 11.3 Å². The summed E-state index contributed by atoms with van der Waals surface area (Å²) in [4.78, 5) is 39.2. The van der Waals surface area contributed by atoms with Crippen molar-refractivity contribution < 1.29 is 23.8 Å². The number of amides is 1. The van der Waals surface area contributed by atoms with Gasteiger partial charge in [0.05, 0.1) is 17.0 Å². The molecule has 1 N–H and O–H groups in total. The number of anilines is 2. The summed E-state index contributed by atoms with van der Waals surface area (Å²) in [5, 5.41) is 9.59. The number of carbonyl (C=O) groups excluding carboxylic acids is 1. The van der Waals surface area contributed by atoms with Crippen LogP contribution in [0.1, 0.15) is 27.6 Å². The Balaban J connectivity index is 1.97. The smallest absolute Gasteiger partial charge is 0.351 e. The van der Waals surface area contributed by atoms with Gasteiger partial charge in [-0.1, -0.05) is 0 Å². The maximum absolute atomic E-state index is 13.0. The van der Waals surface area contributed by atoms with E-state index in [9.17, 15) is 14.4 Å². The number of hydrogen-bond acceptors (Lipinski definition) is 7. The quantitative estimate of drug-likeness (QED) is 0.658. The summed E-state index contributed by atoms with van der Waals surface area (Å²) < 4.78 is 11.2. The lowest BCUT2D eigenvalue weighted by atomic mass is 10.1. The van der Waals surface area contributed by atoms with Crippen molar-refractivity contribution >= 4 is 44.2 Å². The van der Waals surface area contributed by atoms with E-state index in [1.54, 1.807) is 25.2 Å². The van der Waals surface area contributed by atoms with Crippen molar-refractivity contribution in [2.75, 3.05) is 37.5 Å². The Labute approximate surface area is 170 Å². The van der Waals surface area contributed by atoms with Crippen molar-refractivity contribution in [2.45, 2.75) is 6.92 Å². The van der Waals surface area contributed by atoms with Gasteiger partial charge in [0.1, 0.15) is 16.3 Å². The number of hydrogen-bond donors (Lipinski definition) is 1. The maximum Gasteiger partial charge on any atom is 0.351 e. The van der Waals surface area contributed by atoms with E-state index in [0.29, 0.717) is 27.6 Å². The molecule has 0 radical (unpaired) electrons. The standard InChI is InChI=1S/C20H20N2O6S/c1-5-27-14-8-11(6-7-13(14)21(2)3)18(23)22(4)17-10-15-16(29-17)9-12(19(24)25)20(26)28-15/h6-10H,5H2,1-4H3,(H,24,25). The highest BCUT2D eigenvalue weighted by Gasteiger charge is 2.20. The minimum Gasteiger partial charge on any atom is -0.492 e. The summed E-state index contributed by atoms with van der Waals surface area (Å²) in [7, 11) is 5.38. The molecule has 8 nitrogen and oxygen atoms in total. The first-order valence-corrected chi connectivity index (χ1v) is 9.57. The first kappa shape index (κ1) is 20.4. The van der Waals surface area contributed by atoms with E-state index in [4.69, 9.17) is 14.3 Å². The molecule has 3 aromatic rings. The molecule has 29 heavy (non-hydrogen) atoms. The third-order valence-corrected chi connectivity index (χ3v) is 5.40. The lowest BCUT2D eigenvalue weighted by Crippen LogP contribution is -2.25. The molecule has 0 spiro atoms.